The molecule has 166 valence electrons. The Hall–Kier alpha value is -2.53. The second-order valence-electron chi connectivity index (χ2n) is 7.24. The molecule has 0 aliphatic carbocycles. The number of anilines is 2. The van der Waals surface area contributed by atoms with E-state index in [0.29, 0.717) is 35.9 Å². The molecule has 31 heavy (non-hydrogen) atoms. The van der Waals surface area contributed by atoms with Gasteiger partial charge in [-0.25, -0.2) is 0 Å². The molecule has 0 unspecified atom stereocenters. The highest BCUT2D eigenvalue weighted by Gasteiger charge is 2.17. The molecule has 1 aromatic carbocycles. The molecule has 2 fully saturated rings. The monoisotopic (exact) mass is 444 g/mol. The van der Waals surface area contributed by atoms with Crippen LogP contribution in [0.2, 0.25) is 0 Å². The van der Waals surface area contributed by atoms with Crippen molar-refractivity contribution in [1.82, 2.24) is 20.2 Å². The van der Waals surface area contributed by atoms with Crippen molar-refractivity contribution in [3.05, 3.63) is 36.4 Å². The Kier molecular flexibility index (Phi) is 7.83. The third-order valence-electron chi connectivity index (χ3n) is 5.03. The van der Waals surface area contributed by atoms with Gasteiger partial charge in [0.1, 0.15) is 11.6 Å². The third kappa shape index (κ3) is 6.73. The van der Waals surface area contributed by atoms with Crippen molar-refractivity contribution in [2.24, 2.45) is 0 Å². The van der Waals surface area contributed by atoms with Crippen LogP contribution in [0.15, 0.2) is 36.4 Å². The van der Waals surface area contributed by atoms with Crippen LogP contribution in [0.25, 0.3) is 0 Å². The molecule has 0 spiro atoms. The van der Waals surface area contributed by atoms with Crippen molar-refractivity contribution in [2.75, 3.05) is 75.9 Å². The van der Waals surface area contributed by atoms with E-state index in [1.165, 1.54) is 0 Å². The highest BCUT2D eigenvalue weighted by molar-refractivity contribution is 7.80. The fraction of sp³-hybridized carbons (Fsp3) is 0.476. The molecule has 2 saturated heterocycles. The second kappa shape index (κ2) is 11.2. The van der Waals surface area contributed by atoms with Crippen LogP contribution < -0.4 is 20.3 Å². The Bertz CT molecular complexity index is 844. The van der Waals surface area contributed by atoms with Gasteiger partial charge in [-0.2, -0.15) is 9.97 Å². The van der Waals surface area contributed by atoms with E-state index in [4.69, 9.17) is 26.4 Å². The van der Waals surface area contributed by atoms with Gasteiger partial charge in [0, 0.05) is 45.3 Å². The van der Waals surface area contributed by atoms with E-state index >= 15 is 0 Å². The predicted molar refractivity (Wildman–Crippen MR) is 123 cm³/mol. The van der Waals surface area contributed by atoms with E-state index in [9.17, 15) is 0 Å². The van der Waals surface area contributed by atoms with E-state index in [-0.39, 0.29) is 0 Å². The minimum absolute atomic E-state index is 0.402. The van der Waals surface area contributed by atoms with Gasteiger partial charge in [-0.15, -0.1) is 0 Å². The number of hydrogen-bond donors (Lipinski definition) is 2. The number of rotatable bonds is 7. The summed E-state index contributed by atoms with van der Waals surface area (Å²) in [6, 6.07) is 11.4. The van der Waals surface area contributed by atoms with Gasteiger partial charge in [-0.05, 0) is 24.4 Å². The Morgan fingerprint density at radius 1 is 1.00 bits per heavy atom. The topological polar surface area (TPSA) is 84.0 Å². The predicted octanol–water partition coefficient (Wildman–Crippen LogP) is 1.72. The summed E-state index contributed by atoms with van der Waals surface area (Å²) in [5, 5.41) is 6.82. The lowest BCUT2D eigenvalue weighted by Crippen LogP contribution is -2.42. The Labute approximate surface area is 187 Å². The van der Waals surface area contributed by atoms with Crippen molar-refractivity contribution in [3.63, 3.8) is 0 Å². The van der Waals surface area contributed by atoms with E-state index in [1.807, 2.05) is 36.4 Å². The highest BCUT2D eigenvalue weighted by Crippen LogP contribution is 2.25. The summed E-state index contributed by atoms with van der Waals surface area (Å²) in [6.45, 7) is 7.99. The van der Waals surface area contributed by atoms with Crippen LogP contribution in [0.1, 0.15) is 0 Å². The molecule has 10 heteroatoms. The zero-order valence-corrected chi connectivity index (χ0v) is 18.3. The van der Waals surface area contributed by atoms with Crippen LogP contribution >= 0.6 is 12.2 Å². The maximum Gasteiger partial charge on any atom is 0.234 e. The molecule has 2 aliphatic heterocycles. The van der Waals surface area contributed by atoms with Crippen molar-refractivity contribution in [3.8, 4) is 11.6 Å². The minimum Gasteiger partial charge on any atom is -0.439 e. The molecule has 0 saturated carbocycles. The molecule has 1 aromatic heterocycles. The summed E-state index contributed by atoms with van der Waals surface area (Å²) < 4.78 is 16.8. The first-order valence-corrected chi connectivity index (χ1v) is 11.0. The molecule has 0 radical (unpaired) electrons. The summed E-state index contributed by atoms with van der Waals surface area (Å²) in [5.41, 5.74) is 0. The molecular weight excluding hydrogens is 416 g/mol. The first-order valence-electron chi connectivity index (χ1n) is 10.6. The molecule has 0 atom stereocenters. The number of hydrogen-bond acceptors (Lipinski definition) is 8. The summed E-state index contributed by atoms with van der Waals surface area (Å²) in [7, 11) is 0. The molecule has 2 aliphatic rings. The summed E-state index contributed by atoms with van der Waals surface area (Å²) in [6.07, 6.45) is 0. The first-order chi connectivity index (χ1) is 15.3. The Morgan fingerprint density at radius 3 is 2.45 bits per heavy atom. The lowest BCUT2D eigenvalue weighted by atomic mass is 10.3. The van der Waals surface area contributed by atoms with Crippen LogP contribution in [-0.2, 0) is 9.47 Å². The van der Waals surface area contributed by atoms with Crippen molar-refractivity contribution < 1.29 is 14.2 Å². The molecule has 3 heterocycles. The molecule has 0 amide bonds. The summed E-state index contributed by atoms with van der Waals surface area (Å²) in [5.74, 6) is 2.36. The normalized spacial score (nSPS) is 17.2. The second-order valence-corrected chi connectivity index (χ2v) is 7.65. The number of ether oxygens (including phenoxy) is 3. The number of benzene rings is 1. The minimum atomic E-state index is 0.402. The zero-order valence-electron chi connectivity index (χ0n) is 17.5. The number of thiocarbonyl (C=S) groups is 1. The lowest BCUT2D eigenvalue weighted by Gasteiger charge is -2.28. The number of nitrogens with one attached hydrogen (secondary N) is 2. The van der Waals surface area contributed by atoms with Crippen LogP contribution in [0, 0.1) is 0 Å². The molecule has 4 rings (SSSR count). The smallest absolute Gasteiger partial charge is 0.234 e. The molecule has 9 nitrogen and oxygen atoms in total. The van der Waals surface area contributed by atoms with E-state index in [2.05, 4.69) is 30.4 Å². The van der Waals surface area contributed by atoms with Gasteiger partial charge in [0.05, 0.1) is 26.4 Å². The van der Waals surface area contributed by atoms with Gasteiger partial charge in [0.2, 0.25) is 11.8 Å². The van der Waals surface area contributed by atoms with Crippen LogP contribution in [0.4, 0.5) is 11.8 Å². The van der Waals surface area contributed by atoms with Crippen LogP contribution in [0.3, 0.4) is 0 Å². The van der Waals surface area contributed by atoms with Gasteiger partial charge in [0.15, 0.2) is 5.11 Å². The molecular formula is C21H28N6O3S. The highest BCUT2D eigenvalue weighted by atomic mass is 32.1. The fourth-order valence-electron chi connectivity index (χ4n) is 3.38. The van der Waals surface area contributed by atoms with Gasteiger partial charge in [-0.3, -0.25) is 4.90 Å². The summed E-state index contributed by atoms with van der Waals surface area (Å²) in [4.78, 5) is 13.7. The van der Waals surface area contributed by atoms with Crippen LogP contribution in [-0.4, -0.2) is 85.7 Å². The average Bonchev–Trinajstić information content (AvgIpc) is 2.81. The number of aromatic nitrogens is 2. The van der Waals surface area contributed by atoms with Crippen molar-refractivity contribution in [1.29, 1.82) is 0 Å². The van der Waals surface area contributed by atoms with E-state index in [0.717, 1.165) is 58.3 Å². The van der Waals surface area contributed by atoms with Gasteiger partial charge >= 0.3 is 0 Å². The van der Waals surface area contributed by atoms with Gasteiger partial charge in [0.25, 0.3) is 0 Å². The SMILES string of the molecule is S=C(NCCN1CCOCC1)Nc1nc(Oc2ccccc2)cc(N2CCOCC2)n1. The Balaban J connectivity index is 1.40. The van der Waals surface area contributed by atoms with Crippen molar-refractivity contribution >= 4 is 29.1 Å². The molecule has 2 N–H and O–H groups in total. The first kappa shape index (κ1) is 21.7. The maximum atomic E-state index is 5.96. The third-order valence-corrected chi connectivity index (χ3v) is 5.28. The summed E-state index contributed by atoms with van der Waals surface area (Å²) >= 11 is 5.46. The van der Waals surface area contributed by atoms with E-state index < -0.39 is 0 Å². The van der Waals surface area contributed by atoms with Gasteiger partial charge in [-0.1, -0.05) is 18.2 Å². The number of para-hydroxylation sites is 1. The zero-order chi connectivity index (χ0) is 21.3. The molecule has 2 aromatic rings. The fourth-order valence-corrected chi connectivity index (χ4v) is 3.58. The van der Waals surface area contributed by atoms with E-state index in [1.54, 1.807) is 0 Å². The quantitative estimate of drug-likeness (QED) is 0.616. The lowest BCUT2D eigenvalue weighted by molar-refractivity contribution is 0.0389. The number of nitrogens with zero attached hydrogens (tertiary/aromatic N) is 4. The molecule has 0 bridgehead atoms. The maximum absolute atomic E-state index is 5.96. The average molecular weight is 445 g/mol. The standard InChI is InChI=1S/C21H28N6O3S/c31-21(22-6-7-26-8-12-28-13-9-26)25-20-23-18(27-10-14-29-15-11-27)16-19(24-20)30-17-4-2-1-3-5-17/h1-5,16H,6-15H2,(H2,22,23,24,25,31). The van der Waals surface area contributed by atoms with Crippen LogP contribution in [0.5, 0.6) is 11.6 Å². The van der Waals surface area contributed by atoms with Crippen molar-refractivity contribution in [2.45, 2.75) is 0 Å². The largest absolute Gasteiger partial charge is 0.439 e. The number of morpholine rings is 2. The Morgan fingerprint density at radius 2 is 1.71 bits per heavy atom. The van der Waals surface area contributed by atoms with Gasteiger partial charge < -0.3 is 29.7 Å².